The minimum absolute atomic E-state index is 0.0824. The summed E-state index contributed by atoms with van der Waals surface area (Å²) in [5.74, 6) is 0.916. The number of hydrogen-bond donors (Lipinski definition) is 0. The maximum Gasteiger partial charge on any atom is 0.273 e. The van der Waals surface area contributed by atoms with Gasteiger partial charge >= 0.3 is 0 Å². The number of aryl methyl sites for hydroxylation is 1. The lowest BCUT2D eigenvalue weighted by molar-refractivity contribution is 0.0759. The number of carbonyl (C=O) groups excluding carboxylic acids is 1. The van der Waals surface area contributed by atoms with Gasteiger partial charge in [-0.15, -0.1) is 11.3 Å². The highest BCUT2D eigenvalue weighted by Crippen LogP contribution is 2.41. The predicted molar refractivity (Wildman–Crippen MR) is 97.9 cm³/mol. The Morgan fingerprint density at radius 3 is 2.52 bits per heavy atom. The van der Waals surface area contributed by atoms with E-state index in [0.29, 0.717) is 5.69 Å². The molecule has 0 atom stereocenters. The van der Waals surface area contributed by atoms with Crippen molar-refractivity contribution in [1.29, 1.82) is 0 Å². The second-order valence-electron chi connectivity index (χ2n) is 7.08. The van der Waals surface area contributed by atoms with E-state index in [2.05, 4.69) is 26.8 Å². The van der Waals surface area contributed by atoms with Gasteiger partial charge in [-0.1, -0.05) is 6.92 Å². The fourth-order valence-corrected chi connectivity index (χ4v) is 4.40. The standard InChI is InChI=1S/C18H23N5OS/c1-2-14-9-19-17(20-10-14)22-6-3-18(4-7-22)5-8-23(12-18)16(24)15-11-25-13-21-15/h9-11,13H,2-8,12H2,1H3. The number of aromatic nitrogens is 3. The third kappa shape index (κ3) is 3.25. The van der Waals surface area contributed by atoms with Crippen LogP contribution < -0.4 is 4.90 Å². The average Bonchev–Trinajstić information content (AvgIpc) is 3.33. The Labute approximate surface area is 151 Å². The average molecular weight is 357 g/mol. The maximum atomic E-state index is 12.5. The van der Waals surface area contributed by atoms with Crippen molar-refractivity contribution in [3.63, 3.8) is 0 Å². The van der Waals surface area contributed by atoms with E-state index in [-0.39, 0.29) is 11.3 Å². The molecule has 7 heteroatoms. The summed E-state index contributed by atoms with van der Waals surface area (Å²) in [6.45, 7) is 5.74. The number of hydrogen-bond acceptors (Lipinski definition) is 6. The second-order valence-corrected chi connectivity index (χ2v) is 7.80. The van der Waals surface area contributed by atoms with Gasteiger partial charge in [-0.2, -0.15) is 0 Å². The Kier molecular flexibility index (Phi) is 4.41. The molecule has 2 aliphatic heterocycles. The van der Waals surface area contributed by atoms with Crippen LogP contribution in [0.5, 0.6) is 0 Å². The zero-order valence-corrected chi connectivity index (χ0v) is 15.3. The van der Waals surface area contributed by atoms with E-state index in [0.717, 1.165) is 57.8 Å². The number of rotatable bonds is 3. The van der Waals surface area contributed by atoms with Gasteiger partial charge in [0.1, 0.15) is 5.69 Å². The summed E-state index contributed by atoms with van der Waals surface area (Å²) in [6, 6.07) is 0. The van der Waals surface area contributed by atoms with E-state index >= 15 is 0 Å². The Hall–Kier alpha value is -2.02. The topological polar surface area (TPSA) is 62.2 Å². The van der Waals surface area contributed by atoms with Gasteiger partial charge in [0, 0.05) is 44.0 Å². The minimum Gasteiger partial charge on any atom is -0.341 e. The molecule has 2 fully saturated rings. The first-order chi connectivity index (χ1) is 12.2. The van der Waals surface area contributed by atoms with Gasteiger partial charge in [-0.3, -0.25) is 4.79 Å². The lowest BCUT2D eigenvalue weighted by Crippen LogP contribution is -2.43. The van der Waals surface area contributed by atoms with Crippen molar-refractivity contribution < 1.29 is 4.79 Å². The number of piperidine rings is 1. The molecule has 4 heterocycles. The molecule has 0 bridgehead atoms. The van der Waals surface area contributed by atoms with Crippen LogP contribution >= 0.6 is 11.3 Å². The van der Waals surface area contributed by atoms with Crippen LogP contribution in [0.25, 0.3) is 0 Å². The highest BCUT2D eigenvalue weighted by molar-refractivity contribution is 7.07. The summed E-state index contributed by atoms with van der Waals surface area (Å²) < 4.78 is 0. The summed E-state index contributed by atoms with van der Waals surface area (Å²) in [4.78, 5) is 30.0. The van der Waals surface area contributed by atoms with Crippen LogP contribution in [0, 0.1) is 5.41 Å². The molecular formula is C18H23N5OS. The lowest BCUT2D eigenvalue weighted by atomic mass is 9.78. The molecule has 0 unspecified atom stereocenters. The van der Waals surface area contributed by atoms with E-state index in [4.69, 9.17) is 0 Å². The van der Waals surface area contributed by atoms with Crippen LogP contribution in [0.3, 0.4) is 0 Å². The zero-order chi connectivity index (χ0) is 17.3. The zero-order valence-electron chi connectivity index (χ0n) is 14.5. The molecule has 0 radical (unpaired) electrons. The predicted octanol–water partition coefficient (Wildman–Crippen LogP) is 2.63. The van der Waals surface area contributed by atoms with Gasteiger partial charge in [0.15, 0.2) is 0 Å². The maximum absolute atomic E-state index is 12.5. The van der Waals surface area contributed by atoms with Crippen LogP contribution in [0.2, 0.25) is 0 Å². The molecule has 0 N–H and O–H groups in total. The molecule has 0 saturated carbocycles. The first kappa shape index (κ1) is 16.4. The van der Waals surface area contributed by atoms with Gasteiger partial charge in [0.25, 0.3) is 5.91 Å². The molecule has 1 amide bonds. The third-order valence-corrected chi connectivity index (χ3v) is 6.17. The highest BCUT2D eigenvalue weighted by atomic mass is 32.1. The molecule has 4 rings (SSSR count). The number of thiazole rings is 1. The van der Waals surface area contributed by atoms with Crippen LogP contribution in [-0.2, 0) is 6.42 Å². The van der Waals surface area contributed by atoms with Crippen LogP contribution in [0.4, 0.5) is 5.95 Å². The van der Waals surface area contributed by atoms with E-state index in [9.17, 15) is 4.79 Å². The summed E-state index contributed by atoms with van der Waals surface area (Å²) >= 11 is 1.48. The summed E-state index contributed by atoms with van der Waals surface area (Å²) in [5, 5.41) is 1.84. The van der Waals surface area contributed by atoms with Crippen molar-refractivity contribution in [3.8, 4) is 0 Å². The normalized spacial score (nSPS) is 19.6. The number of amides is 1. The Balaban J connectivity index is 1.37. The molecule has 132 valence electrons. The monoisotopic (exact) mass is 357 g/mol. The molecule has 1 spiro atoms. The molecule has 0 aliphatic carbocycles. The van der Waals surface area contributed by atoms with Gasteiger partial charge < -0.3 is 9.80 Å². The third-order valence-electron chi connectivity index (χ3n) is 5.58. The van der Waals surface area contributed by atoms with Gasteiger partial charge in [-0.25, -0.2) is 15.0 Å². The van der Waals surface area contributed by atoms with Crippen molar-refractivity contribution in [2.24, 2.45) is 5.41 Å². The first-order valence-electron chi connectivity index (χ1n) is 8.92. The Bertz CT molecular complexity index is 722. The second kappa shape index (κ2) is 6.71. The van der Waals surface area contributed by atoms with Crippen molar-refractivity contribution in [2.45, 2.75) is 32.6 Å². The first-order valence-corrected chi connectivity index (χ1v) is 9.87. The van der Waals surface area contributed by atoms with E-state index in [1.807, 2.05) is 22.7 Å². The molecule has 25 heavy (non-hydrogen) atoms. The SMILES string of the molecule is CCc1cnc(N2CCC3(CCN(C(=O)c4cscn4)C3)CC2)nc1. The Morgan fingerprint density at radius 2 is 1.88 bits per heavy atom. The molecule has 0 aromatic carbocycles. The number of carbonyl (C=O) groups is 1. The molecule has 2 aliphatic rings. The number of anilines is 1. The fraction of sp³-hybridized carbons (Fsp3) is 0.556. The minimum atomic E-state index is 0.0824. The van der Waals surface area contributed by atoms with Gasteiger partial charge in [0.05, 0.1) is 5.51 Å². The summed E-state index contributed by atoms with van der Waals surface area (Å²) in [5.41, 5.74) is 3.74. The smallest absolute Gasteiger partial charge is 0.273 e. The van der Waals surface area contributed by atoms with E-state index < -0.39 is 0 Å². The number of nitrogens with zero attached hydrogens (tertiary/aromatic N) is 5. The molecule has 6 nitrogen and oxygen atoms in total. The molecule has 2 aromatic heterocycles. The highest BCUT2D eigenvalue weighted by Gasteiger charge is 2.42. The van der Waals surface area contributed by atoms with Crippen molar-refractivity contribution in [1.82, 2.24) is 19.9 Å². The van der Waals surface area contributed by atoms with E-state index in [1.54, 1.807) is 5.51 Å². The fourth-order valence-electron chi connectivity index (χ4n) is 3.87. The summed E-state index contributed by atoms with van der Waals surface area (Å²) in [7, 11) is 0. The van der Waals surface area contributed by atoms with E-state index in [1.165, 1.54) is 16.9 Å². The van der Waals surface area contributed by atoms with Gasteiger partial charge in [-0.05, 0) is 36.7 Å². The van der Waals surface area contributed by atoms with Crippen molar-refractivity contribution in [3.05, 3.63) is 34.5 Å². The Morgan fingerprint density at radius 1 is 1.16 bits per heavy atom. The molecular weight excluding hydrogens is 334 g/mol. The largest absolute Gasteiger partial charge is 0.341 e. The van der Waals surface area contributed by atoms with Gasteiger partial charge in [0.2, 0.25) is 5.95 Å². The van der Waals surface area contributed by atoms with Crippen LogP contribution in [0.1, 0.15) is 42.2 Å². The van der Waals surface area contributed by atoms with Crippen LogP contribution in [0.15, 0.2) is 23.3 Å². The van der Waals surface area contributed by atoms with Crippen LogP contribution in [-0.4, -0.2) is 51.9 Å². The quantitative estimate of drug-likeness (QED) is 0.845. The number of likely N-dealkylation sites (tertiary alicyclic amines) is 1. The molecule has 2 saturated heterocycles. The molecule has 2 aromatic rings. The van der Waals surface area contributed by atoms with Crippen molar-refractivity contribution in [2.75, 3.05) is 31.1 Å². The summed E-state index contributed by atoms with van der Waals surface area (Å²) in [6.07, 6.45) is 8.09. The lowest BCUT2D eigenvalue weighted by Gasteiger charge is -2.39. The van der Waals surface area contributed by atoms with Crippen molar-refractivity contribution >= 4 is 23.2 Å².